The van der Waals surface area contributed by atoms with Gasteiger partial charge in [-0.2, -0.15) is 0 Å². The van der Waals surface area contributed by atoms with Gasteiger partial charge in [-0.25, -0.2) is 0 Å². The molecule has 0 radical (unpaired) electrons. The van der Waals surface area contributed by atoms with Gasteiger partial charge < -0.3 is 5.32 Å². The highest BCUT2D eigenvalue weighted by atomic mass is 35.5. The van der Waals surface area contributed by atoms with Crippen molar-refractivity contribution in [2.45, 2.75) is 13.8 Å². The zero-order valence-electron chi connectivity index (χ0n) is 11.3. The fourth-order valence-corrected chi connectivity index (χ4v) is 2.10. The number of rotatable bonds is 4. The third kappa shape index (κ3) is 2.82. The van der Waals surface area contributed by atoms with Crippen LogP contribution in [0.1, 0.15) is 34.6 Å². The molecule has 0 spiro atoms. The van der Waals surface area contributed by atoms with Gasteiger partial charge in [0.2, 0.25) is 5.91 Å². The molecule has 0 saturated heterocycles. The van der Waals surface area contributed by atoms with Gasteiger partial charge in [-0.1, -0.05) is 25.4 Å². The van der Waals surface area contributed by atoms with Gasteiger partial charge in [0.15, 0.2) is 0 Å². The quantitative estimate of drug-likeness (QED) is 0.860. The summed E-state index contributed by atoms with van der Waals surface area (Å²) in [5.74, 6) is -0.979. The Hall–Kier alpha value is -1.88. The van der Waals surface area contributed by atoms with Crippen LogP contribution in [0.2, 0.25) is 5.02 Å². The first-order valence-corrected chi connectivity index (χ1v) is 6.70. The third-order valence-electron chi connectivity index (χ3n) is 2.94. The van der Waals surface area contributed by atoms with E-state index >= 15 is 0 Å². The summed E-state index contributed by atoms with van der Waals surface area (Å²) in [5, 5.41) is 3.06. The fraction of sp³-hybridized carbons (Fsp3) is 0.357. The maximum Gasteiger partial charge on any atom is 0.262 e. The van der Waals surface area contributed by atoms with E-state index in [0.717, 1.165) is 4.90 Å². The van der Waals surface area contributed by atoms with Gasteiger partial charge in [0, 0.05) is 11.6 Å². The molecule has 1 N–H and O–H groups in total. The lowest BCUT2D eigenvalue weighted by Crippen LogP contribution is -2.41. The molecule has 20 heavy (non-hydrogen) atoms. The summed E-state index contributed by atoms with van der Waals surface area (Å²) in [7, 11) is 0. The molecule has 1 aliphatic heterocycles. The van der Waals surface area contributed by atoms with Crippen molar-refractivity contribution < 1.29 is 14.4 Å². The van der Waals surface area contributed by atoms with Crippen molar-refractivity contribution in [2.75, 3.05) is 13.1 Å². The first-order valence-electron chi connectivity index (χ1n) is 6.32. The van der Waals surface area contributed by atoms with Crippen LogP contribution < -0.4 is 5.32 Å². The van der Waals surface area contributed by atoms with Crippen molar-refractivity contribution >= 4 is 29.3 Å². The minimum atomic E-state index is -0.479. The van der Waals surface area contributed by atoms with E-state index in [1.54, 1.807) is 6.07 Å². The number of imide groups is 1. The van der Waals surface area contributed by atoms with Crippen LogP contribution in [-0.2, 0) is 4.79 Å². The van der Waals surface area contributed by atoms with E-state index in [2.05, 4.69) is 5.32 Å². The Labute approximate surface area is 121 Å². The molecule has 0 saturated carbocycles. The van der Waals surface area contributed by atoms with Crippen molar-refractivity contribution in [1.82, 2.24) is 10.2 Å². The van der Waals surface area contributed by atoms with E-state index in [9.17, 15) is 14.4 Å². The SMILES string of the molecule is CC(C)CNC(=O)CN1C(=O)c2ccc(Cl)cc2C1=O. The molecule has 0 unspecified atom stereocenters. The number of benzene rings is 1. The Bertz CT molecular complexity index is 584. The molecule has 0 aliphatic carbocycles. The van der Waals surface area contributed by atoms with Gasteiger partial charge in [-0.3, -0.25) is 19.3 Å². The van der Waals surface area contributed by atoms with Gasteiger partial charge in [0.1, 0.15) is 6.54 Å². The molecule has 0 atom stereocenters. The lowest BCUT2D eigenvalue weighted by Gasteiger charge is -2.14. The smallest absolute Gasteiger partial charge is 0.262 e. The van der Waals surface area contributed by atoms with Gasteiger partial charge >= 0.3 is 0 Å². The monoisotopic (exact) mass is 294 g/mol. The van der Waals surface area contributed by atoms with Crippen molar-refractivity contribution in [3.8, 4) is 0 Å². The van der Waals surface area contributed by atoms with Crippen LogP contribution in [-0.4, -0.2) is 35.7 Å². The third-order valence-corrected chi connectivity index (χ3v) is 3.18. The normalized spacial score (nSPS) is 13.9. The number of fused-ring (bicyclic) bond motifs is 1. The van der Waals surface area contributed by atoms with E-state index in [0.29, 0.717) is 17.5 Å². The molecule has 6 heteroatoms. The first kappa shape index (κ1) is 14.5. The van der Waals surface area contributed by atoms with Gasteiger partial charge in [-0.15, -0.1) is 0 Å². The molecule has 1 aliphatic rings. The van der Waals surface area contributed by atoms with E-state index in [-0.39, 0.29) is 23.6 Å². The number of carbonyl (C=O) groups excluding carboxylic acids is 3. The summed E-state index contributed by atoms with van der Waals surface area (Å²) in [6.07, 6.45) is 0. The number of hydrogen-bond acceptors (Lipinski definition) is 3. The molecule has 106 valence electrons. The van der Waals surface area contributed by atoms with E-state index in [1.807, 2.05) is 13.8 Å². The number of nitrogens with zero attached hydrogens (tertiary/aromatic N) is 1. The lowest BCUT2D eigenvalue weighted by molar-refractivity contribution is -0.121. The highest BCUT2D eigenvalue weighted by Gasteiger charge is 2.36. The van der Waals surface area contributed by atoms with Crippen LogP contribution in [0.15, 0.2) is 18.2 Å². The van der Waals surface area contributed by atoms with E-state index in [4.69, 9.17) is 11.6 Å². The molecule has 2 rings (SSSR count). The Balaban J connectivity index is 2.11. The number of amides is 3. The zero-order chi connectivity index (χ0) is 14.9. The molecule has 1 aromatic rings. The lowest BCUT2D eigenvalue weighted by atomic mass is 10.1. The summed E-state index contributed by atoms with van der Waals surface area (Å²) in [6, 6.07) is 4.50. The number of hydrogen-bond donors (Lipinski definition) is 1. The maximum absolute atomic E-state index is 12.1. The second-order valence-corrected chi connectivity index (χ2v) is 5.52. The standard InChI is InChI=1S/C14H15ClN2O3/c1-8(2)6-16-12(18)7-17-13(19)10-4-3-9(15)5-11(10)14(17)20/h3-5,8H,6-7H2,1-2H3,(H,16,18). The van der Waals surface area contributed by atoms with Crippen LogP contribution in [0.25, 0.3) is 0 Å². The second-order valence-electron chi connectivity index (χ2n) is 5.08. The molecule has 0 fully saturated rings. The molecule has 0 aromatic heterocycles. The minimum absolute atomic E-state index is 0.249. The predicted octanol–water partition coefficient (Wildman–Crippen LogP) is 1.71. The summed E-state index contributed by atoms with van der Waals surface area (Å²) in [6.45, 7) is 4.17. The summed E-state index contributed by atoms with van der Waals surface area (Å²) < 4.78 is 0. The van der Waals surface area contributed by atoms with Crippen molar-refractivity contribution in [1.29, 1.82) is 0 Å². The van der Waals surface area contributed by atoms with Crippen LogP contribution in [0, 0.1) is 5.92 Å². The van der Waals surface area contributed by atoms with E-state index in [1.165, 1.54) is 12.1 Å². The molecule has 0 bridgehead atoms. The van der Waals surface area contributed by atoms with Crippen molar-refractivity contribution in [3.63, 3.8) is 0 Å². The number of halogens is 1. The van der Waals surface area contributed by atoms with Crippen molar-refractivity contribution in [2.24, 2.45) is 5.92 Å². The highest BCUT2D eigenvalue weighted by Crippen LogP contribution is 2.25. The molecule has 5 nitrogen and oxygen atoms in total. The first-order chi connectivity index (χ1) is 9.40. The zero-order valence-corrected chi connectivity index (χ0v) is 12.0. The van der Waals surface area contributed by atoms with Gasteiger partial charge in [0.25, 0.3) is 11.8 Å². The van der Waals surface area contributed by atoms with Crippen LogP contribution in [0.4, 0.5) is 0 Å². The van der Waals surface area contributed by atoms with Crippen LogP contribution in [0.5, 0.6) is 0 Å². The molecular weight excluding hydrogens is 280 g/mol. The molecule has 3 amide bonds. The van der Waals surface area contributed by atoms with Gasteiger partial charge in [-0.05, 0) is 24.1 Å². The molecule has 1 heterocycles. The molecular formula is C14H15ClN2O3. The predicted molar refractivity (Wildman–Crippen MR) is 74.7 cm³/mol. The Kier molecular flexibility index (Phi) is 4.09. The van der Waals surface area contributed by atoms with Crippen LogP contribution in [0.3, 0.4) is 0 Å². The largest absolute Gasteiger partial charge is 0.354 e. The second kappa shape index (κ2) is 5.63. The maximum atomic E-state index is 12.1. The Morgan fingerprint density at radius 2 is 1.90 bits per heavy atom. The van der Waals surface area contributed by atoms with Crippen molar-refractivity contribution in [3.05, 3.63) is 34.3 Å². The Morgan fingerprint density at radius 1 is 1.25 bits per heavy atom. The van der Waals surface area contributed by atoms with Gasteiger partial charge in [0.05, 0.1) is 11.1 Å². The van der Waals surface area contributed by atoms with E-state index < -0.39 is 11.8 Å². The number of carbonyl (C=O) groups is 3. The minimum Gasteiger partial charge on any atom is -0.354 e. The fourth-order valence-electron chi connectivity index (χ4n) is 1.92. The number of nitrogens with one attached hydrogen (secondary N) is 1. The van der Waals surface area contributed by atoms with Crippen LogP contribution >= 0.6 is 11.6 Å². The molecule has 1 aromatic carbocycles. The average molecular weight is 295 g/mol. The Morgan fingerprint density at radius 3 is 2.55 bits per heavy atom. The summed E-state index contributed by atoms with van der Waals surface area (Å²) in [5.41, 5.74) is 0.537. The average Bonchev–Trinajstić information content (AvgIpc) is 2.61. The summed E-state index contributed by atoms with van der Waals surface area (Å²) >= 11 is 5.81. The summed E-state index contributed by atoms with van der Waals surface area (Å²) in [4.78, 5) is 36.8. The topological polar surface area (TPSA) is 66.5 Å². The highest BCUT2D eigenvalue weighted by molar-refractivity contribution is 6.32.